The van der Waals surface area contributed by atoms with Crippen LogP contribution in [-0.4, -0.2) is 49.7 Å². The Balaban J connectivity index is 0.00000243. The molecule has 0 amide bonds. The summed E-state index contributed by atoms with van der Waals surface area (Å²) in [7, 11) is 0. The SMILES string of the molecule is CCN1CCCC1CNC(N)=NCC1CCCOC1c1ccccc1.I. The first-order chi connectivity index (χ1) is 12.3. The number of guanidine groups is 1. The van der Waals surface area contributed by atoms with E-state index in [0.29, 0.717) is 17.9 Å². The van der Waals surface area contributed by atoms with Gasteiger partial charge in [-0.2, -0.15) is 0 Å². The van der Waals surface area contributed by atoms with Crippen LogP contribution in [0.5, 0.6) is 0 Å². The van der Waals surface area contributed by atoms with Gasteiger partial charge in [0.15, 0.2) is 5.96 Å². The average molecular weight is 472 g/mol. The lowest BCUT2D eigenvalue weighted by Gasteiger charge is -2.31. The fourth-order valence-electron chi connectivity index (χ4n) is 4.08. The highest BCUT2D eigenvalue weighted by Gasteiger charge is 2.27. The van der Waals surface area contributed by atoms with Gasteiger partial charge in [0.25, 0.3) is 0 Å². The molecular weight excluding hydrogens is 439 g/mol. The van der Waals surface area contributed by atoms with Crippen molar-refractivity contribution in [1.82, 2.24) is 10.2 Å². The monoisotopic (exact) mass is 472 g/mol. The molecule has 0 radical (unpaired) electrons. The highest BCUT2D eigenvalue weighted by molar-refractivity contribution is 14.0. The zero-order chi connectivity index (χ0) is 17.5. The van der Waals surface area contributed by atoms with E-state index in [1.165, 1.54) is 24.9 Å². The van der Waals surface area contributed by atoms with E-state index in [-0.39, 0.29) is 30.1 Å². The molecule has 0 spiro atoms. The summed E-state index contributed by atoms with van der Waals surface area (Å²) in [6, 6.07) is 11.1. The van der Waals surface area contributed by atoms with Crippen molar-refractivity contribution in [3.8, 4) is 0 Å². The van der Waals surface area contributed by atoms with Gasteiger partial charge in [-0.1, -0.05) is 37.3 Å². The molecule has 3 rings (SSSR count). The maximum absolute atomic E-state index is 6.12. The molecule has 1 aromatic rings. The van der Waals surface area contributed by atoms with Gasteiger partial charge in [-0.15, -0.1) is 24.0 Å². The molecule has 3 N–H and O–H groups in total. The lowest BCUT2D eigenvalue weighted by Crippen LogP contribution is -2.43. The Morgan fingerprint density at radius 3 is 2.85 bits per heavy atom. The zero-order valence-corrected chi connectivity index (χ0v) is 18.1. The number of nitrogens with one attached hydrogen (secondary N) is 1. The third kappa shape index (κ3) is 5.82. The minimum absolute atomic E-state index is 0. The molecule has 146 valence electrons. The number of likely N-dealkylation sites (tertiary alicyclic amines) is 1. The van der Waals surface area contributed by atoms with Crippen molar-refractivity contribution in [3.63, 3.8) is 0 Å². The molecular formula is C20H33IN4O. The molecule has 0 bridgehead atoms. The Hall–Kier alpha value is -0.860. The average Bonchev–Trinajstić information content (AvgIpc) is 3.13. The molecule has 2 fully saturated rings. The number of rotatable bonds is 6. The van der Waals surface area contributed by atoms with E-state index in [2.05, 4.69) is 46.4 Å². The normalized spacial score (nSPS) is 27.1. The Kier molecular flexibility index (Phi) is 9.15. The number of benzene rings is 1. The van der Waals surface area contributed by atoms with Gasteiger partial charge >= 0.3 is 0 Å². The molecule has 1 aromatic carbocycles. The molecule has 3 unspecified atom stereocenters. The summed E-state index contributed by atoms with van der Waals surface area (Å²) in [6.07, 6.45) is 4.92. The first-order valence-electron chi connectivity index (χ1n) is 9.72. The molecule has 2 aliphatic heterocycles. The topological polar surface area (TPSA) is 62.9 Å². The fraction of sp³-hybridized carbons (Fsp3) is 0.650. The Morgan fingerprint density at radius 2 is 2.08 bits per heavy atom. The fourth-order valence-corrected chi connectivity index (χ4v) is 4.08. The van der Waals surface area contributed by atoms with E-state index in [0.717, 1.165) is 39.1 Å². The van der Waals surface area contributed by atoms with Crippen molar-refractivity contribution in [2.24, 2.45) is 16.6 Å². The number of nitrogens with zero attached hydrogens (tertiary/aromatic N) is 2. The maximum Gasteiger partial charge on any atom is 0.188 e. The number of hydrogen-bond acceptors (Lipinski definition) is 3. The number of aliphatic imine (C=N–C) groups is 1. The minimum Gasteiger partial charge on any atom is -0.373 e. The van der Waals surface area contributed by atoms with E-state index < -0.39 is 0 Å². The zero-order valence-electron chi connectivity index (χ0n) is 15.8. The van der Waals surface area contributed by atoms with E-state index in [1.54, 1.807) is 0 Å². The van der Waals surface area contributed by atoms with Crippen molar-refractivity contribution in [2.75, 3.05) is 32.8 Å². The second kappa shape index (κ2) is 11.1. The van der Waals surface area contributed by atoms with Crippen LogP contribution in [0.25, 0.3) is 0 Å². The first kappa shape index (κ1) is 21.4. The molecule has 0 aliphatic carbocycles. The Morgan fingerprint density at radius 1 is 1.27 bits per heavy atom. The maximum atomic E-state index is 6.12. The second-order valence-electron chi connectivity index (χ2n) is 7.14. The van der Waals surface area contributed by atoms with Gasteiger partial charge in [0.1, 0.15) is 0 Å². The number of nitrogens with two attached hydrogens (primary N) is 1. The summed E-state index contributed by atoms with van der Waals surface area (Å²) in [4.78, 5) is 7.13. The Labute approximate surface area is 174 Å². The second-order valence-corrected chi connectivity index (χ2v) is 7.14. The molecule has 6 heteroatoms. The molecule has 0 saturated carbocycles. The standard InChI is InChI=1S/C20H32N4O.HI/c1-2-24-12-6-11-18(24)15-23-20(21)22-14-17-10-7-13-25-19(17)16-8-4-3-5-9-16;/h3-5,8-9,17-19H,2,6-7,10-15H2,1H3,(H3,21,22,23);1H. The van der Waals surface area contributed by atoms with Gasteiger partial charge in [0, 0.05) is 31.7 Å². The third-order valence-electron chi connectivity index (χ3n) is 5.49. The number of hydrogen-bond donors (Lipinski definition) is 2. The highest BCUT2D eigenvalue weighted by atomic mass is 127. The Bertz CT molecular complexity index is 554. The first-order valence-corrected chi connectivity index (χ1v) is 9.72. The number of likely N-dealkylation sites (N-methyl/N-ethyl adjacent to an activating group) is 1. The van der Waals surface area contributed by atoms with Crippen LogP contribution < -0.4 is 11.1 Å². The van der Waals surface area contributed by atoms with Crippen molar-refractivity contribution in [3.05, 3.63) is 35.9 Å². The van der Waals surface area contributed by atoms with Crippen LogP contribution in [0.4, 0.5) is 0 Å². The predicted octanol–water partition coefficient (Wildman–Crippen LogP) is 3.16. The van der Waals surface area contributed by atoms with E-state index in [1.807, 2.05) is 6.07 Å². The number of halogens is 1. The van der Waals surface area contributed by atoms with Crippen LogP contribution >= 0.6 is 24.0 Å². The van der Waals surface area contributed by atoms with Crippen LogP contribution in [0.2, 0.25) is 0 Å². The molecule has 26 heavy (non-hydrogen) atoms. The summed E-state index contributed by atoms with van der Waals surface area (Å²) in [5.74, 6) is 0.968. The summed E-state index contributed by atoms with van der Waals surface area (Å²) < 4.78 is 6.04. The molecule has 5 nitrogen and oxygen atoms in total. The van der Waals surface area contributed by atoms with Crippen LogP contribution in [0.3, 0.4) is 0 Å². The van der Waals surface area contributed by atoms with Crippen LogP contribution in [0, 0.1) is 5.92 Å². The van der Waals surface area contributed by atoms with E-state index in [4.69, 9.17) is 10.5 Å². The predicted molar refractivity (Wildman–Crippen MR) is 118 cm³/mol. The lowest BCUT2D eigenvalue weighted by molar-refractivity contribution is -0.0250. The smallest absolute Gasteiger partial charge is 0.188 e. The molecule has 2 saturated heterocycles. The van der Waals surface area contributed by atoms with Gasteiger partial charge in [0.2, 0.25) is 0 Å². The molecule has 0 aromatic heterocycles. The van der Waals surface area contributed by atoms with Crippen LogP contribution in [-0.2, 0) is 4.74 Å². The summed E-state index contributed by atoms with van der Waals surface area (Å²) in [6.45, 7) is 7.00. The van der Waals surface area contributed by atoms with Crippen LogP contribution in [0.15, 0.2) is 35.3 Å². The van der Waals surface area contributed by atoms with Gasteiger partial charge < -0.3 is 15.8 Å². The van der Waals surface area contributed by atoms with Gasteiger partial charge in [-0.3, -0.25) is 9.89 Å². The minimum atomic E-state index is 0. The summed E-state index contributed by atoms with van der Waals surface area (Å²) >= 11 is 0. The van der Waals surface area contributed by atoms with Gasteiger partial charge in [-0.05, 0) is 44.3 Å². The molecule has 3 atom stereocenters. The van der Waals surface area contributed by atoms with E-state index >= 15 is 0 Å². The van der Waals surface area contributed by atoms with Gasteiger partial charge in [-0.25, -0.2) is 0 Å². The van der Waals surface area contributed by atoms with Gasteiger partial charge in [0.05, 0.1) is 6.10 Å². The summed E-state index contributed by atoms with van der Waals surface area (Å²) in [5, 5.41) is 3.33. The quantitative estimate of drug-likeness (QED) is 0.380. The summed E-state index contributed by atoms with van der Waals surface area (Å²) in [5.41, 5.74) is 7.37. The van der Waals surface area contributed by atoms with Crippen molar-refractivity contribution < 1.29 is 4.74 Å². The number of ether oxygens (including phenoxy) is 1. The lowest BCUT2D eigenvalue weighted by atomic mass is 9.89. The largest absolute Gasteiger partial charge is 0.373 e. The highest BCUT2D eigenvalue weighted by Crippen LogP contribution is 2.33. The third-order valence-corrected chi connectivity index (χ3v) is 5.49. The molecule has 2 heterocycles. The van der Waals surface area contributed by atoms with Crippen molar-refractivity contribution in [1.29, 1.82) is 0 Å². The van der Waals surface area contributed by atoms with Crippen molar-refractivity contribution >= 4 is 29.9 Å². The van der Waals surface area contributed by atoms with Crippen molar-refractivity contribution in [2.45, 2.75) is 44.8 Å². The van der Waals surface area contributed by atoms with E-state index in [9.17, 15) is 0 Å². The van der Waals surface area contributed by atoms with Crippen LogP contribution in [0.1, 0.15) is 44.3 Å². The molecule has 2 aliphatic rings.